The van der Waals surface area contributed by atoms with Crippen molar-refractivity contribution in [2.75, 3.05) is 30.3 Å². The predicted octanol–water partition coefficient (Wildman–Crippen LogP) is 3.36. The number of aromatic nitrogens is 3. The second-order valence-corrected chi connectivity index (χ2v) is 11.4. The summed E-state index contributed by atoms with van der Waals surface area (Å²) in [5, 5.41) is 0. The molecule has 2 aliphatic heterocycles. The number of halogens is 3. The van der Waals surface area contributed by atoms with Gasteiger partial charge in [0.15, 0.2) is 15.5 Å². The number of nitrogen functional groups attached to an aromatic ring is 1. The number of likely N-dealkylation sites (tertiary alicyclic amines) is 1. The van der Waals surface area contributed by atoms with Crippen LogP contribution in [0.15, 0.2) is 30.5 Å². The number of sulfone groups is 1. The number of carbonyl (C=O) groups excluding carboxylic acids is 1. The molecule has 0 aliphatic carbocycles. The Morgan fingerprint density at radius 2 is 1.89 bits per heavy atom. The van der Waals surface area contributed by atoms with Crippen molar-refractivity contribution in [1.82, 2.24) is 19.9 Å². The van der Waals surface area contributed by atoms with Crippen LogP contribution >= 0.6 is 0 Å². The summed E-state index contributed by atoms with van der Waals surface area (Å²) in [6.07, 6.45) is -1.32. The highest BCUT2D eigenvalue weighted by atomic mass is 32.2. The van der Waals surface area contributed by atoms with E-state index in [9.17, 15) is 26.4 Å². The number of anilines is 1. The second kappa shape index (κ2) is 8.95. The number of aromatic amines is 1. The van der Waals surface area contributed by atoms with Gasteiger partial charge in [-0.1, -0.05) is 0 Å². The van der Waals surface area contributed by atoms with E-state index in [0.717, 1.165) is 23.2 Å². The van der Waals surface area contributed by atoms with Crippen molar-refractivity contribution in [3.8, 4) is 5.75 Å². The number of benzene rings is 1. The third-order valence-electron chi connectivity index (χ3n) is 6.77. The molecule has 1 aromatic carbocycles. The second-order valence-electron chi connectivity index (χ2n) is 9.18. The number of ether oxygens (including phenoxy) is 1. The number of amides is 1. The van der Waals surface area contributed by atoms with Crippen molar-refractivity contribution in [2.24, 2.45) is 0 Å². The van der Waals surface area contributed by atoms with Crippen molar-refractivity contribution >= 4 is 32.6 Å². The molecule has 1 atom stereocenters. The summed E-state index contributed by atoms with van der Waals surface area (Å²) >= 11 is 0. The van der Waals surface area contributed by atoms with Gasteiger partial charge >= 0.3 is 6.36 Å². The number of piperidine rings is 1. The molecule has 0 spiro atoms. The highest BCUT2D eigenvalue weighted by molar-refractivity contribution is 7.91. The zero-order chi connectivity index (χ0) is 25.7. The highest BCUT2D eigenvalue weighted by Crippen LogP contribution is 2.35. The topological polar surface area (TPSA) is 131 Å². The molecule has 36 heavy (non-hydrogen) atoms. The predicted molar refractivity (Wildman–Crippen MR) is 125 cm³/mol. The van der Waals surface area contributed by atoms with Gasteiger partial charge in [-0.25, -0.2) is 18.4 Å². The smallest absolute Gasteiger partial charge is 0.406 e. The Hall–Kier alpha value is -3.35. The van der Waals surface area contributed by atoms with E-state index in [1.165, 1.54) is 6.07 Å². The third kappa shape index (κ3) is 4.97. The number of H-pyrrole nitrogens is 1. The van der Waals surface area contributed by atoms with E-state index in [-0.39, 0.29) is 40.5 Å². The summed E-state index contributed by atoms with van der Waals surface area (Å²) in [4.78, 5) is 26.8. The number of nitrogens with one attached hydrogen (secondary N) is 1. The molecule has 13 heteroatoms. The number of pyridine rings is 1. The minimum absolute atomic E-state index is 0.0785. The number of nitrogens with two attached hydrogens (primary N) is 1. The average molecular weight is 524 g/mol. The number of hydrogen-bond acceptors (Lipinski definition) is 7. The summed E-state index contributed by atoms with van der Waals surface area (Å²) in [6.45, 7) is 0.880. The highest BCUT2D eigenvalue weighted by Gasteiger charge is 2.33. The average Bonchev–Trinajstić information content (AvgIpc) is 3.40. The molecule has 192 valence electrons. The number of hydrogen-bond donors (Lipinski definition) is 2. The van der Waals surface area contributed by atoms with Crippen molar-refractivity contribution in [3.63, 3.8) is 0 Å². The maximum absolute atomic E-state index is 13.0. The lowest BCUT2D eigenvalue weighted by Crippen LogP contribution is -2.38. The van der Waals surface area contributed by atoms with Gasteiger partial charge in [0.2, 0.25) is 0 Å². The van der Waals surface area contributed by atoms with Crippen LogP contribution in [0.1, 0.15) is 52.8 Å². The van der Waals surface area contributed by atoms with Gasteiger partial charge in [0, 0.05) is 37.0 Å². The van der Waals surface area contributed by atoms with Gasteiger partial charge in [-0.3, -0.25) is 4.79 Å². The zero-order valence-electron chi connectivity index (χ0n) is 19.1. The quantitative estimate of drug-likeness (QED) is 0.502. The van der Waals surface area contributed by atoms with E-state index < -0.39 is 21.9 Å². The summed E-state index contributed by atoms with van der Waals surface area (Å²) in [5.74, 6) is -0.0112. The molecule has 2 saturated heterocycles. The molecule has 3 aromatic rings. The van der Waals surface area contributed by atoms with Gasteiger partial charge in [0.05, 0.1) is 22.6 Å². The third-order valence-corrected chi connectivity index (χ3v) is 8.54. The number of alkyl halides is 3. The lowest BCUT2D eigenvalue weighted by Gasteiger charge is -2.32. The lowest BCUT2D eigenvalue weighted by molar-refractivity contribution is -0.274. The molecular weight excluding hydrogens is 499 g/mol. The van der Waals surface area contributed by atoms with Crippen molar-refractivity contribution < 1.29 is 31.1 Å². The maximum Gasteiger partial charge on any atom is 0.573 e. The van der Waals surface area contributed by atoms with Crippen LogP contribution in [0.2, 0.25) is 0 Å². The van der Waals surface area contributed by atoms with Crippen molar-refractivity contribution in [3.05, 3.63) is 47.4 Å². The molecule has 0 radical (unpaired) electrons. The van der Waals surface area contributed by atoms with E-state index >= 15 is 0 Å². The Labute approximate surface area is 204 Å². The number of rotatable bonds is 4. The summed E-state index contributed by atoms with van der Waals surface area (Å²) < 4.78 is 64.9. The fourth-order valence-corrected chi connectivity index (χ4v) is 6.74. The Morgan fingerprint density at radius 1 is 1.14 bits per heavy atom. The first-order chi connectivity index (χ1) is 17.0. The van der Waals surface area contributed by atoms with Crippen molar-refractivity contribution in [2.45, 2.75) is 37.5 Å². The first kappa shape index (κ1) is 24.3. The number of carbonyl (C=O) groups is 1. The van der Waals surface area contributed by atoms with Crippen LogP contribution in [0.3, 0.4) is 0 Å². The van der Waals surface area contributed by atoms with Crippen LogP contribution in [-0.4, -0.2) is 65.1 Å². The molecule has 4 heterocycles. The standard InChI is InChI=1S/C23H24F3N5O4S/c24-23(25,26)35-15-1-2-17(18(27)11-15)22(32)31-8-4-13(5-9-31)16-3-7-28-21-19(16)29-20(30-21)14-6-10-36(33,34)12-14/h1-3,7,11,13-14H,4-6,8-10,12,27H2,(H,28,29,30). The summed E-state index contributed by atoms with van der Waals surface area (Å²) in [5.41, 5.74) is 8.23. The fourth-order valence-electron chi connectivity index (χ4n) is 4.99. The van der Waals surface area contributed by atoms with Crippen LogP contribution in [-0.2, 0) is 9.84 Å². The van der Waals surface area contributed by atoms with E-state index in [1.807, 2.05) is 6.07 Å². The molecule has 1 unspecified atom stereocenters. The Kier molecular flexibility index (Phi) is 6.05. The normalized spacial score (nSPS) is 20.6. The minimum Gasteiger partial charge on any atom is -0.406 e. The Bertz CT molecular complexity index is 1410. The van der Waals surface area contributed by atoms with Crippen LogP contribution in [0, 0.1) is 0 Å². The van der Waals surface area contributed by atoms with E-state index in [4.69, 9.17) is 5.73 Å². The van der Waals surface area contributed by atoms with Crippen molar-refractivity contribution in [1.29, 1.82) is 0 Å². The Balaban J connectivity index is 1.28. The van der Waals surface area contributed by atoms with Crippen LogP contribution < -0.4 is 10.5 Å². The van der Waals surface area contributed by atoms with Gasteiger partial charge in [0.1, 0.15) is 11.6 Å². The van der Waals surface area contributed by atoms with Crippen LogP contribution in [0.5, 0.6) is 5.75 Å². The first-order valence-corrected chi connectivity index (χ1v) is 13.3. The molecule has 2 fully saturated rings. The molecule has 2 aliphatic rings. The molecular formula is C23H24F3N5O4S. The minimum atomic E-state index is -4.84. The van der Waals surface area contributed by atoms with Crippen LogP contribution in [0.25, 0.3) is 11.2 Å². The zero-order valence-corrected chi connectivity index (χ0v) is 19.9. The molecule has 5 rings (SSSR count). The van der Waals surface area contributed by atoms with Gasteiger partial charge in [-0.2, -0.15) is 0 Å². The van der Waals surface area contributed by atoms with Gasteiger partial charge < -0.3 is 20.4 Å². The molecule has 0 bridgehead atoms. The van der Waals surface area contributed by atoms with Gasteiger partial charge in [-0.15, -0.1) is 13.2 Å². The molecule has 9 nitrogen and oxygen atoms in total. The molecule has 1 amide bonds. The van der Waals surface area contributed by atoms with Gasteiger partial charge in [0.25, 0.3) is 5.91 Å². The maximum atomic E-state index is 13.0. The molecule has 3 N–H and O–H groups in total. The monoisotopic (exact) mass is 523 g/mol. The SMILES string of the molecule is Nc1cc(OC(F)(F)F)ccc1C(=O)N1CCC(c2ccnc3nc(C4CCS(=O)(=O)C4)[nH]c23)CC1. The van der Waals surface area contributed by atoms with E-state index in [2.05, 4.69) is 19.7 Å². The van der Waals surface area contributed by atoms with Crippen LogP contribution in [0.4, 0.5) is 18.9 Å². The van der Waals surface area contributed by atoms with Gasteiger partial charge in [-0.05, 0) is 48.9 Å². The number of fused-ring (bicyclic) bond motifs is 1. The number of imidazole rings is 1. The largest absolute Gasteiger partial charge is 0.573 e. The number of nitrogens with zero attached hydrogens (tertiary/aromatic N) is 3. The summed E-state index contributed by atoms with van der Waals surface area (Å²) in [7, 11) is -3.05. The fraction of sp³-hybridized carbons (Fsp3) is 0.435. The van der Waals surface area contributed by atoms with E-state index in [0.29, 0.717) is 43.8 Å². The lowest BCUT2D eigenvalue weighted by atomic mass is 9.89. The summed E-state index contributed by atoms with van der Waals surface area (Å²) in [6, 6.07) is 5.22. The molecule has 0 saturated carbocycles. The van der Waals surface area contributed by atoms with E-state index in [1.54, 1.807) is 11.1 Å². The first-order valence-electron chi connectivity index (χ1n) is 11.5. The molecule has 2 aromatic heterocycles. The Morgan fingerprint density at radius 3 is 2.53 bits per heavy atom.